The molecule has 0 saturated carbocycles. The zero-order valence-corrected chi connectivity index (χ0v) is 9.15. The van der Waals surface area contributed by atoms with Crippen LogP contribution in [-0.4, -0.2) is 18.5 Å². The molecule has 0 bridgehead atoms. The maximum Gasteiger partial charge on any atom is 0.434 e. The van der Waals surface area contributed by atoms with Crippen molar-refractivity contribution in [2.45, 2.75) is 25.0 Å². The number of alkyl halides is 6. The third-order valence-corrected chi connectivity index (χ3v) is 2.08. The Morgan fingerprint density at radius 3 is 2.00 bits per heavy atom. The molecule has 2 nitrogen and oxygen atoms in total. The summed E-state index contributed by atoms with van der Waals surface area (Å²) in [6.45, 7) is -0.463. The van der Waals surface area contributed by atoms with Gasteiger partial charge >= 0.3 is 12.4 Å². The molecule has 0 unspecified atom stereocenters. The maximum absolute atomic E-state index is 12.8. The van der Waals surface area contributed by atoms with Crippen molar-refractivity contribution in [3.05, 3.63) is 29.6 Å². The molecule has 0 fully saturated rings. The largest absolute Gasteiger partial charge is 0.471 e. The molecule has 0 aliphatic rings. The molecule has 19 heavy (non-hydrogen) atoms. The van der Waals surface area contributed by atoms with E-state index < -0.39 is 36.6 Å². The number of hydrogen-bond acceptors (Lipinski definition) is 2. The molecule has 9 heteroatoms. The van der Waals surface area contributed by atoms with Gasteiger partial charge in [-0.3, -0.25) is 0 Å². The Labute approximate surface area is 103 Å². The quantitative estimate of drug-likeness (QED) is 0.868. The SMILES string of the molecule is NCc1cc(F)ccc1OC(C(F)(F)F)C(F)(F)F. The van der Waals surface area contributed by atoms with Gasteiger partial charge in [-0.25, -0.2) is 4.39 Å². The average Bonchev–Trinajstić information content (AvgIpc) is 2.23. The van der Waals surface area contributed by atoms with Crippen LogP contribution >= 0.6 is 0 Å². The number of hydrogen-bond donors (Lipinski definition) is 1. The molecule has 108 valence electrons. The zero-order chi connectivity index (χ0) is 14.8. The van der Waals surface area contributed by atoms with Crippen LogP contribution in [0.5, 0.6) is 5.75 Å². The summed E-state index contributed by atoms with van der Waals surface area (Å²) in [5, 5.41) is 0. The third-order valence-electron chi connectivity index (χ3n) is 2.08. The van der Waals surface area contributed by atoms with Crippen LogP contribution in [0.3, 0.4) is 0 Å². The fourth-order valence-corrected chi connectivity index (χ4v) is 1.27. The molecule has 1 rings (SSSR count). The molecule has 0 spiro atoms. The number of benzene rings is 1. The van der Waals surface area contributed by atoms with Crippen molar-refractivity contribution in [3.8, 4) is 5.75 Å². The standard InChI is InChI=1S/C10H8F7NO/c11-6-1-2-7(5(3-6)4-18)19-8(9(12,13)14)10(15,16)17/h1-3,8H,4,18H2. The molecule has 2 N–H and O–H groups in total. The second kappa shape index (κ2) is 5.24. The highest BCUT2D eigenvalue weighted by atomic mass is 19.4. The first-order valence-electron chi connectivity index (χ1n) is 4.84. The first kappa shape index (κ1) is 15.5. The highest BCUT2D eigenvalue weighted by molar-refractivity contribution is 5.34. The smallest absolute Gasteiger partial charge is 0.434 e. The second-order valence-corrected chi connectivity index (χ2v) is 3.54. The predicted octanol–water partition coefficient (Wildman–Crippen LogP) is 3.16. The lowest BCUT2D eigenvalue weighted by Crippen LogP contribution is -2.46. The molecule has 1 aromatic carbocycles. The van der Waals surface area contributed by atoms with Gasteiger partial charge in [0.25, 0.3) is 6.10 Å². The van der Waals surface area contributed by atoms with E-state index in [4.69, 9.17) is 5.73 Å². The Hall–Kier alpha value is -1.51. The molecule has 1 aromatic rings. The minimum atomic E-state index is -5.64. The summed E-state index contributed by atoms with van der Waals surface area (Å²) in [6.07, 6.45) is -15.3. The van der Waals surface area contributed by atoms with E-state index in [1.165, 1.54) is 0 Å². The van der Waals surface area contributed by atoms with E-state index in [-0.39, 0.29) is 5.56 Å². The second-order valence-electron chi connectivity index (χ2n) is 3.54. The lowest BCUT2D eigenvalue weighted by Gasteiger charge is -2.24. The Balaban J connectivity index is 3.11. The third kappa shape index (κ3) is 3.98. The van der Waals surface area contributed by atoms with E-state index in [0.717, 1.165) is 0 Å². The van der Waals surface area contributed by atoms with Crippen molar-refractivity contribution in [3.63, 3.8) is 0 Å². The summed E-state index contributed by atoms with van der Waals surface area (Å²) < 4.78 is 90.3. The molecular formula is C10H8F7NO. The fraction of sp³-hybridized carbons (Fsp3) is 0.400. The fourth-order valence-electron chi connectivity index (χ4n) is 1.27. The van der Waals surface area contributed by atoms with E-state index >= 15 is 0 Å². The molecule has 0 aliphatic carbocycles. The van der Waals surface area contributed by atoms with Crippen molar-refractivity contribution in [1.82, 2.24) is 0 Å². The van der Waals surface area contributed by atoms with E-state index in [0.29, 0.717) is 18.2 Å². The zero-order valence-electron chi connectivity index (χ0n) is 9.15. The molecule has 0 radical (unpaired) electrons. The van der Waals surface area contributed by atoms with Gasteiger partial charge in [-0.1, -0.05) is 0 Å². The molecular weight excluding hydrogens is 283 g/mol. The van der Waals surface area contributed by atoms with E-state index in [1.54, 1.807) is 0 Å². The Bertz CT molecular complexity index is 426. The van der Waals surface area contributed by atoms with E-state index in [1.807, 2.05) is 0 Å². The summed E-state index contributed by atoms with van der Waals surface area (Å²) in [7, 11) is 0. The molecule has 0 amide bonds. The topological polar surface area (TPSA) is 35.2 Å². The molecule has 0 aromatic heterocycles. The Morgan fingerprint density at radius 1 is 1.05 bits per heavy atom. The summed E-state index contributed by atoms with van der Waals surface area (Å²) in [5.74, 6) is -1.60. The van der Waals surface area contributed by atoms with Crippen LogP contribution in [0.25, 0.3) is 0 Å². The van der Waals surface area contributed by atoms with Gasteiger partial charge in [0.15, 0.2) is 0 Å². The molecule has 0 atom stereocenters. The number of rotatable bonds is 3. The Kier molecular flexibility index (Phi) is 4.28. The van der Waals surface area contributed by atoms with Gasteiger partial charge in [-0.2, -0.15) is 26.3 Å². The number of ether oxygens (including phenoxy) is 1. The normalized spacial score (nSPS) is 12.9. The maximum atomic E-state index is 12.8. The summed E-state index contributed by atoms with van der Waals surface area (Å²) in [6, 6.07) is 2.06. The van der Waals surface area contributed by atoms with Gasteiger partial charge in [-0.15, -0.1) is 0 Å². The van der Waals surface area contributed by atoms with E-state index in [2.05, 4.69) is 4.74 Å². The number of halogens is 7. The van der Waals surface area contributed by atoms with Gasteiger partial charge in [-0.05, 0) is 18.2 Å². The van der Waals surface area contributed by atoms with Crippen LogP contribution in [0.2, 0.25) is 0 Å². The lowest BCUT2D eigenvalue weighted by molar-refractivity contribution is -0.300. The van der Waals surface area contributed by atoms with Crippen molar-refractivity contribution >= 4 is 0 Å². The van der Waals surface area contributed by atoms with Crippen molar-refractivity contribution in [2.75, 3.05) is 0 Å². The van der Waals surface area contributed by atoms with Gasteiger partial charge < -0.3 is 10.5 Å². The van der Waals surface area contributed by atoms with Crippen molar-refractivity contribution in [2.24, 2.45) is 5.73 Å². The van der Waals surface area contributed by atoms with Gasteiger partial charge in [0.05, 0.1) is 0 Å². The predicted molar refractivity (Wildman–Crippen MR) is 50.8 cm³/mol. The lowest BCUT2D eigenvalue weighted by atomic mass is 10.2. The molecule has 0 saturated heterocycles. The van der Waals surface area contributed by atoms with Crippen LogP contribution < -0.4 is 10.5 Å². The summed E-state index contributed by atoms with van der Waals surface area (Å²) >= 11 is 0. The first-order chi connectivity index (χ1) is 8.55. The van der Waals surface area contributed by atoms with E-state index in [9.17, 15) is 30.7 Å². The average molecular weight is 291 g/mol. The van der Waals surface area contributed by atoms with Gasteiger partial charge in [0.2, 0.25) is 0 Å². The monoisotopic (exact) mass is 291 g/mol. The highest BCUT2D eigenvalue weighted by Gasteiger charge is 2.59. The highest BCUT2D eigenvalue weighted by Crippen LogP contribution is 2.37. The van der Waals surface area contributed by atoms with Crippen LogP contribution in [0.1, 0.15) is 5.56 Å². The molecule has 0 aliphatic heterocycles. The minimum absolute atomic E-state index is 0.293. The van der Waals surface area contributed by atoms with Crippen LogP contribution in [0.4, 0.5) is 30.7 Å². The number of nitrogens with two attached hydrogens (primary N) is 1. The summed E-state index contributed by atoms with van der Waals surface area (Å²) in [5.41, 5.74) is 4.81. The van der Waals surface area contributed by atoms with Gasteiger partial charge in [0.1, 0.15) is 11.6 Å². The van der Waals surface area contributed by atoms with Crippen LogP contribution in [0, 0.1) is 5.82 Å². The van der Waals surface area contributed by atoms with Crippen molar-refractivity contribution < 1.29 is 35.5 Å². The molecule has 0 heterocycles. The van der Waals surface area contributed by atoms with Crippen LogP contribution in [-0.2, 0) is 6.54 Å². The van der Waals surface area contributed by atoms with Gasteiger partial charge in [0, 0.05) is 12.1 Å². The first-order valence-corrected chi connectivity index (χ1v) is 4.84. The summed E-state index contributed by atoms with van der Waals surface area (Å²) in [4.78, 5) is 0. The van der Waals surface area contributed by atoms with Crippen LogP contribution in [0.15, 0.2) is 18.2 Å². The minimum Gasteiger partial charge on any atom is -0.471 e. The van der Waals surface area contributed by atoms with Crippen molar-refractivity contribution in [1.29, 1.82) is 0 Å². The Morgan fingerprint density at radius 2 is 1.58 bits per heavy atom.